The molecule has 1 heteroatoms. The summed E-state index contributed by atoms with van der Waals surface area (Å²) < 4.78 is 0. The minimum Gasteiger partial charge on any atom is -0.155 e. The van der Waals surface area contributed by atoms with Crippen LogP contribution in [-0.2, 0) is 0 Å². The van der Waals surface area contributed by atoms with Crippen molar-refractivity contribution < 1.29 is 0 Å². The van der Waals surface area contributed by atoms with E-state index in [-0.39, 0.29) is 0 Å². The van der Waals surface area contributed by atoms with Gasteiger partial charge in [-0.25, -0.2) is 0 Å². The van der Waals surface area contributed by atoms with E-state index >= 15 is 0 Å². The third-order valence-corrected chi connectivity index (χ3v) is 3.89. The summed E-state index contributed by atoms with van der Waals surface area (Å²) in [6.45, 7) is 6.22. The molecule has 1 atom stereocenters. The lowest BCUT2D eigenvalue weighted by atomic mass is 10.00. The fourth-order valence-corrected chi connectivity index (χ4v) is 2.90. The molecular weight excluding hydrogens is 152 g/mol. The molecule has 0 aromatic carbocycles. The van der Waals surface area contributed by atoms with Gasteiger partial charge in [0, 0.05) is 10.5 Å². The Balaban J connectivity index is 1.95. The third kappa shape index (κ3) is 3.50. The molecule has 0 aliphatic heterocycles. The predicted octanol–water partition coefficient (Wildman–Crippen LogP) is 3.66. The SMILES string of the molecule is [CH2]CCCC(C)SC1CCC1. The molecule has 1 unspecified atom stereocenters. The zero-order valence-electron chi connectivity index (χ0n) is 7.51. The van der Waals surface area contributed by atoms with Crippen LogP contribution in [0.5, 0.6) is 0 Å². The van der Waals surface area contributed by atoms with Crippen molar-refractivity contribution in [2.24, 2.45) is 0 Å². The molecule has 0 saturated heterocycles. The van der Waals surface area contributed by atoms with Crippen molar-refractivity contribution in [2.45, 2.75) is 55.9 Å². The van der Waals surface area contributed by atoms with Crippen LogP contribution >= 0.6 is 11.8 Å². The Morgan fingerprint density at radius 1 is 1.55 bits per heavy atom. The summed E-state index contributed by atoms with van der Waals surface area (Å²) in [4.78, 5) is 0. The van der Waals surface area contributed by atoms with Crippen LogP contribution in [0.1, 0.15) is 45.4 Å². The van der Waals surface area contributed by atoms with Crippen LogP contribution in [0.2, 0.25) is 0 Å². The van der Waals surface area contributed by atoms with Crippen molar-refractivity contribution in [1.82, 2.24) is 0 Å². The first-order valence-corrected chi connectivity index (χ1v) is 5.72. The van der Waals surface area contributed by atoms with Gasteiger partial charge < -0.3 is 0 Å². The van der Waals surface area contributed by atoms with Crippen molar-refractivity contribution in [1.29, 1.82) is 0 Å². The van der Waals surface area contributed by atoms with Crippen molar-refractivity contribution >= 4 is 11.8 Å². The maximum Gasteiger partial charge on any atom is 0.00497 e. The fraction of sp³-hybridized carbons (Fsp3) is 0.900. The second-order valence-electron chi connectivity index (χ2n) is 3.50. The van der Waals surface area contributed by atoms with Crippen LogP contribution in [0.25, 0.3) is 0 Å². The number of rotatable bonds is 5. The Morgan fingerprint density at radius 2 is 2.27 bits per heavy atom. The largest absolute Gasteiger partial charge is 0.155 e. The first kappa shape index (κ1) is 9.44. The Kier molecular flexibility index (Phi) is 4.36. The van der Waals surface area contributed by atoms with Gasteiger partial charge in [-0.3, -0.25) is 0 Å². The van der Waals surface area contributed by atoms with Gasteiger partial charge in [0.1, 0.15) is 0 Å². The molecule has 0 heterocycles. The fourth-order valence-electron chi connectivity index (χ4n) is 1.34. The molecule has 11 heavy (non-hydrogen) atoms. The predicted molar refractivity (Wildman–Crippen MR) is 53.9 cm³/mol. The van der Waals surface area contributed by atoms with Crippen LogP contribution in [0.3, 0.4) is 0 Å². The summed E-state index contributed by atoms with van der Waals surface area (Å²) >= 11 is 2.20. The van der Waals surface area contributed by atoms with E-state index < -0.39 is 0 Å². The molecular formula is C10H19S. The summed E-state index contributed by atoms with van der Waals surface area (Å²) in [6, 6.07) is 0. The van der Waals surface area contributed by atoms with Crippen LogP contribution in [0.4, 0.5) is 0 Å². The van der Waals surface area contributed by atoms with Gasteiger partial charge in [-0.2, -0.15) is 11.8 Å². The maximum atomic E-state index is 3.86. The van der Waals surface area contributed by atoms with E-state index in [0.717, 1.165) is 16.9 Å². The summed E-state index contributed by atoms with van der Waals surface area (Å²) in [7, 11) is 0. The summed E-state index contributed by atoms with van der Waals surface area (Å²) in [6.07, 6.45) is 8.19. The van der Waals surface area contributed by atoms with E-state index in [0.29, 0.717) is 0 Å². The number of unbranched alkanes of at least 4 members (excludes halogenated alkanes) is 1. The molecule has 1 aliphatic carbocycles. The van der Waals surface area contributed by atoms with Crippen LogP contribution in [0.15, 0.2) is 0 Å². The molecule has 1 radical (unpaired) electrons. The van der Waals surface area contributed by atoms with Crippen molar-refractivity contribution in [3.05, 3.63) is 6.92 Å². The molecule has 1 aliphatic rings. The smallest absolute Gasteiger partial charge is 0.00497 e. The van der Waals surface area contributed by atoms with Crippen LogP contribution in [0, 0.1) is 6.92 Å². The van der Waals surface area contributed by atoms with E-state index in [9.17, 15) is 0 Å². The lowest BCUT2D eigenvalue weighted by Gasteiger charge is -2.27. The quantitative estimate of drug-likeness (QED) is 0.608. The van der Waals surface area contributed by atoms with Crippen molar-refractivity contribution in [2.75, 3.05) is 0 Å². The highest BCUT2D eigenvalue weighted by Gasteiger charge is 2.19. The second-order valence-corrected chi connectivity index (χ2v) is 5.24. The monoisotopic (exact) mass is 171 g/mol. The van der Waals surface area contributed by atoms with E-state index in [1.54, 1.807) is 0 Å². The standard InChI is InChI=1S/C10H19S/c1-3-4-6-9(2)11-10-7-5-8-10/h9-10H,1,3-8H2,2H3. The van der Waals surface area contributed by atoms with Gasteiger partial charge >= 0.3 is 0 Å². The van der Waals surface area contributed by atoms with E-state index in [2.05, 4.69) is 25.6 Å². The second kappa shape index (κ2) is 5.08. The van der Waals surface area contributed by atoms with E-state index in [1.165, 1.54) is 32.1 Å². The van der Waals surface area contributed by atoms with Crippen LogP contribution in [-0.4, -0.2) is 10.5 Å². The minimum absolute atomic E-state index is 0.877. The average molecular weight is 171 g/mol. The lowest BCUT2D eigenvalue weighted by molar-refractivity contribution is 0.519. The van der Waals surface area contributed by atoms with Gasteiger partial charge in [0.25, 0.3) is 0 Å². The summed E-state index contributed by atoms with van der Waals surface area (Å²) in [5.41, 5.74) is 0. The summed E-state index contributed by atoms with van der Waals surface area (Å²) in [5.74, 6) is 0. The van der Waals surface area contributed by atoms with Gasteiger partial charge in [-0.05, 0) is 19.3 Å². The van der Waals surface area contributed by atoms with E-state index in [1.807, 2.05) is 0 Å². The zero-order valence-corrected chi connectivity index (χ0v) is 8.33. The van der Waals surface area contributed by atoms with E-state index in [4.69, 9.17) is 0 Å². The minimum atomic E-state index is 0.877. The van der Waals surface area contributed by atoms with Crippen LogP contribution < -0.4 is 0 Å². The highest BCUT2D eigenvalue weighted by molar-refractivity contribution is 8.00. The van der Waals surface area contributed by atoms with Gasteiger partial charge in [0.05, 0.1) is 0 Å². The Hall–Kier alpha value is 0.350. The molecule has 0 spiro atoms. The maximum absolute atomic E-state index is 3.86. The topological polar surface area (TPSA) is 0 Å². The lowest BCUT2D eigenvalue weighted by Crippen LogP contribution is -2.16. The van der Waals surface area contributed by atoms with Gasteiger partial charge in [-0.15, -0.1) is 0 Å². The molecule has 0 N–H and O–H groups in total. The normalized spacial score (nSPS) is 21.3. The highest BCUT2D eigenvalue weighted by Crippen LogP contribution is 2.35. The average Bonchev–Trinajstić information content (AvgIpc) is 1.93. The number of hydrogen-bond donors (Lipinski definition) is 0. The van der Waals surface area contributed by atoms with Crippen molar-refractivity contribution in [3.8, 4) is 0 Å². The Labute approximate surface area is 75.1 Å². The number of thioether (sulfide) groups is 1. The molecule has 0 aromatic heterocycles. The molecule has 1 fully saturated rings. The molecule has 0 amide bonds. The molecule has 1 rings (SSSR count). The van der Waals surface area contributed by atoms with Gasteiger partial charge in [-0.1, -0.05) is 33.1 Å². The molecule has 1 saturated carbocycles. The van der Waals surface area contributed by atoms with Crippen molar-refractivity contribution in [3.63, 3.8) is 0 Å². The zero-order chi connectivity index (χ0) is 8.10. The first-order chi connectivity index (χ1) is 5.33. The Bertz CT molecular complexity index is 97.0. The Morgan fingerprint density at radius 3 is 2.73 bits per heavy atom. The highest BCUT2D eigenvalue weighted by atomic mass is 32.2. The van der Waals surface area contributed by atoms with Gasteiger partial charge in [0.2, 0.25) is 0 Å². The molecule has 0 aromatic rings. The summed E-state index contributed by atoms with van der Waals surface area (Å²) in [5, 5.41) is 1.89. The molecule has 0 bridgehead atoms. The number of hydrogen-bond acceptors (Lipinski definition) is 1. The van der Waals surface area contributed by atoms with Gasteiger partial charge in [0.15, 0.2) is 0 Å². The molecule has 0 nitrogen and oxygen atoms in total. The third-order valence-electron chi connectivity index (χ3n) is 2.34. The first-order valence-electron chi connectivity index (χ1n) is 4.77. The molecule has 65 valence electrons.